The number of hydrogen-bond acceptors (Lipinski definition) is 3. The van der Waals surface area contributed by atoms with Crippen LogP contribution in [0.2, 0.25) is 0 Å². The molecule has 0 saturated heterocycles. The summed E-state index contributed by atoms with van der Waals surface area (Å²) in [4.78, 5) is 21.0. The second kappa shape index (κ2) is 6.84. The number of nitrogens with zero attached hydrogens (tertiary/aromatic N) is 2. The molecule has 4 aromatic rings. The molecule has 0 saturated carbocycles. The maximum atomic E-state index is 13.1. The van der Waals surface area contributed by atoms with Crippen molar-refractivity contribution >= 4 is 22.8 Å². The van der Waals surface area contributed by atoms with E-state index < -0.39 is 0 Å². The highest BCUT2D eigenvalue weighted by Crippen LogP contribution is 2.25. The molecule has 0 radical (unpaired) electrons. The summed E-state index contributed by atoms with van der Waals surface area (Å²) in [6.07, 6.45) is 0. The van der Waals surface area contributed by atoms with Gasteiger partial charge < -0.3 is 4.98 Å². The fourth-order valence-corrected chi connectivity index (χ4v) is 3.98. The first-order chi connectivity index (χ1) is 12.6. The summed E-state index contributed by atoms with van der Waals surface area (Å²) in [5, 5.41) is 0.703. The second-order valence-electron chi connectivity index (χ2n) is 6.36. The molecule has 26 heavy (non-hydrogen) atoms. The molecule has 0 amide bonds. The molecular weight excluding hydrogens is 342 g/mol. The number of rotatable bonds is 4. The Morgan fingerprint density at radius 2 is 1.85 bits per heavy atom. The van der Waals surface area contributed by atoms with Gasteiger partial charge in [0, 0.05) is 11.4 Å². The van der Waals surface area contributed by atoms with Crippen LogP contribution in [0.5, 0.6) is 0 Å². The van der Waals surface area contributed by atoms with E-state index in [9.17, 15) is 4.79 Å². The first-order valence-corrected chi connectivity index (χ1v) is 9.46. The fourth-order valence-electron chi connectivity index (χ4n) is 3.03. The van der Waals surface area contributed by atoms with Crippen LogP contribution in [0.15, 0.2) is 70.6 Å². The van der Waals surface area contributed by atoms with Crippen LogP contribution in [-0.4, -0.2) is 14.5 Å². The largest absolute Gasteiger partial charge is 0.353 e. The van der Waals surface area contributed by atoms with E-state index in [4.69, 9.17) is 4.98 Å². The van der Waals surface area contributed by atoms with Crippen molar-refractivity contribution in [3.05, 3.63) is 87.8 Å². The number of hydrogen-bond donors (Lipinski definition) is 1. The Kier molecular flexibility index (Phi) is 4.39. The number of para-hydroxylation sites is 1. The molecule has 0 atom stereocenters. The Bertz CT molecular complexity index is 1130. The van der Waals surface area contributed by atoms with Gasteiger partial charge >= 0.3 is 0 Å². The van der Waals surface area contributed by atoms with Crippen LogP contribution in [0.25, 0.3) is 16.7 Å². The highest BCUT2D eigenvalue weighted by Gasteiger charge is 2.15. The normalized spacial score (nSPS) is 11.2. The summed E-state index contributed by atoms with van der Waals surface area (Å²) < 4.78 is 1.69. The molecule has 0 unspecified atom stereocenters. The van der Waals surface area contributed by atoms with Crippen molar-refractivity contribution < 1.29 is 0 Å². The molecule has 0 aliphatic heterocycles. The lowest BCUT2D eigenvalue weighted by Gasteiger charge is -2.12. The van der Waals surface area contributed by atoms with Crippen molar-refractivity contribution in [2.24, 2.45) is 0 Å². The fraction of sp³-hybridized carbons (Fsp3) is 0.143. The summed E-state index contributed by atoms with van der Waals surface area (Å²) in [7, 11) is 0. The molecule has 0 spiro atoms. The van der Waals surface area contributed by atoms with Crippen LogP contribution in [0.4, 0.5) is 0 Å². The maximum Gasteiger partial charge on any atom is 0.283 e. The zero-order valence-electron chi connectivity index (χ0n) is 14.7. The van der Waals surface area contributed by atoms with Crippen molar-refractivity contribution in [1.82, 2.24) is 14.5 Å². The van der Waals surface area contributed by atoms with Crippen molar-refractivity contribution in [2.75, 3.05) is 0 Å². The highest BCUT2D eigenvalue weighted by atomic mass is 32.2. The number of benzene rings is 2. The van der Waals surface area contributed by atoms with Crippen LogP contribution < -0.4 is 5.56 Å². The zero-order chi connectivity index (χ0) is 18.1. The summed E-state index contributed by atoms with van der Waals surface area (Å²) in [6.45, 7) is 4.02. The van der Waals surface area contributed by atoms with Gasteiger partial charge in [0.05, 0.1) is 11.2 Å². The van der Waals surface area contributed by atoms with E-state index in [0.717, 1.165) is 17.1 Å². The average molecular weight is 361 g/mol. The molecule has 0 bridgehead atoms. The number of aromatic amines is 1. The number of fused-ring (bicyclic) bond motifs is 1. The smallest absolute Gasteiger partial charge is 0.283 e. The van der Waals surface area contributed by atoms with Crippen LogP contribution in [-0.2, 0) is 5.75 Å². The summed E-state index contributed by atoms with van der Waals surface area (Å²) >= 11 is 1.58. The molecule has 1 N–H and O–H groups in total. The van der Waals surface area contributed by atoms with Crippen molar-refractivity contribution in [2.45, 2.75) is 24.8 Å². The van der Waals surface area contributed by atoms with Gasteiger partial charge in [0.15, 0.2) is 5.16 Å². The quantitative estimate of drug-likeness (QED) is 0.426. The third-order valence-electron chi connectivity index (χ3n) is 4.22. The molecule has 0 aliphatic carbocycles. The molecular formula is C21H19N3OS. The van der Waals surface area contributed by atoms with Gasteiger partial charge in [-0.25, -0.2) is 4.98 Å². The Hall–Kier alpha value is -2.79. The van der Waals surface area contributed by atoms with Gasteiger partial charge in [-0.2, -0.15) is 0 Å². The molecule has 4 nitrogen and oxygen atoms in total. The van der Waals surface area contributed by atoms with Gasteiger partial charge in [-0.3, -0.25) is 9.36 Å². The molecule has 130 valence electrons. The summed E-state index contributed by atoms with van der Waals surface area (Å²) in [5.74, 6) is 0.760. The van der Waals surface area contributed by atoms with Crippen LogP contribution in [0.1, 0.15) is 16.8 Å². The molecule has 5 heteroatoms. The van der Waals surface area contributed by atoms with Crippen LogP contribution in [0.3, 0.4) is 0 Å². The molecule has 2 heterocycles. The van der Waals surface area contributed by atoms with E-state index >= 15 is 0 Å². The van der Waals surface area contributed by atoms with Gasteiger partial charge in [-0.1, -0.05) is 59.8 Å². The minimum Gasteiger partial charge on any atom is -0.353 e. The third-order valence-corrected chi connectivity index (χ3v) is 5.23. The second-order valence-corrected chi connectivity index (χ2v) is 7.30. The number of nitrogens with one attached hydrogen (secondary N) is 1. The number of aryl methyl sites for hydroxylation is 2. The van der Waals surface area contributed by atoms with E-state index in [1.807, 2.05) is 43.3 Å². The Morgan fingerprint density at radius 1 is 1.04 bits per heavy atom. The van der Waals surface area contributed by atoms with Crippen LogP contribution in [0, 0.1) is 13.8 Å². The van der Waals surface area contributed by atoms with Crippen LogP contribution >= 0.6 is 11.8 Å². The summed E-state index contributed by atoms with van der Waals surface area (Å²) in [6, 6.07) is 20.0. The average Bonchev–Trinajstić information content (AvgIpc) is 3.01. The molecule has 0 fully saturated rings. The molecule has 2 aromatic carbocycles. The van der Waals surface area contributed by atoms with E-state index in [0.29, 0.717) is 16.2 Å². The number of thioether (sulfide) groups is 1. The van der Waals surface area contributed by atoms with Gasteiger partial charge in [0.25, 0.3) is 5.56 Å². The first kappa shape index (κ1) is 16.7. The van der Waals surface area contributed by atoms with E-state index in [1.165, 1.54) is 11.1 Å². The lowest BCUT2D eigenvalue weighted by Crippen LogP contribution is -2.21. The minimum atomic E-state index is -0.0685. The predicted octanol–water partition coefficient (Wildman–Crippen LogP) is 4.62. The topological polar surface area (TPSA) is 50.7 Å². The standard InChI is InChI=1S/C21H19N3OS/c1-14-7-6-8-16(11-14)13-26-21-23-18-12-15(2)22-19(18)20(25)24(21)17-9-4-3-5-10-17/h3-12,22H,13H2,1-2H3. The molecule has 4 rings (SSSR count). The van der Waals surface area contributed by atoms with Crippen molar-refractivity contribution in [1.29, 1.82) is 0 Å². The van der Waals surface area contributed by atoms with Gasteiger partial charge in [0.1, 0.15) is 5.52 Å². The number of H-pyrrole nitrogens is 1. The first-order valence-electron chi connectivity index (χ1n) is 8.48. The van der Waals surface area contributed by atoms with Gasteiger partial charge in [-0.05, 0) is 37.6 Å². The molecule has 2 aromatic heterocycles. The van der Waals surface area contributed by atoms with Crippen molar-refractivity contribution in [3.8, 4) is 5.69 Å². The van der Waals surface area contributed by atoms with Crippen molar-refractivity contribution in [3.63, 3.8) is 0 Å². The van der Waals surface area contributed by atoms with E-state index in [-0.39, 0.29) is 5.56 Å². The van der Waals surface area contributed by atoms with E-state index in [1.54, 1.807) is 16.3 Å². The predicted molar refractivity (Wildman–Crippen MR) is 107 cm³/mol. The lowest BCUT2D eigenvalue weighted by atomic mass is 10.2. The van der Waals surface area contributed by atoms with E-state index in [2.05, 4.69) is 36.2 Å². The van der Waals surface area contributed by atoms with Gasteiger partial charge in [0.2, 0.25) is 0 Å². The maximum absolute atomic E-state index is 13.1. The Morgan fingerprint density at radius 3 is 2.62 bits per heavy atom. The minimum absolute atomic E-state index is 0.0685. The third kappa shape index (κ3) is 3.18. The monoisotopic (exact) mass is 361 g/mol. The lowest BCUT2D eigenvalue weighted by molar-refractivity contribution is 0.818. The SMILES string of the molecule is Cc1cccc(CSc2nc3cc(C)[nH]c3c(=O)n2-c2ccccc2)c1. The van der Waals surface area contributed by atoms with Gasteiger partial charge in [-0.15, -0.1) is 0 Å². The Labute approximate surface area is 155 Å². The molecule has 0 aliphatic rings. The zero-order valence-corrected chi connectivity index (χ0v) is 15.5. The summed E-state index contributed by atoms with van der Waals surface area (Å²) in [5.41, 5.74) is 5.40. The highest BCUT2D eigenvalue weighted by molar-refractivity contribution is 7.98. The number of aromatic nitrogens is 3. The Balaban J connectivity index is 1.82.